The van der Waals surface area contributed by atoms with Crippen molar-refractivity contribution in [3.63, 3.8) is 0 Å². The average Bonchev–Trinajstić information content (AvgIpc) is 3.44. The maximum absolute atomic E-state index is 5.46. The van der Waals surface area contributed by atoms with Gasteiger partial charge >= 0.3 is 0 Å². The number of benzene rings is 1. The number of rotatable bonds is 7. The highest BCUT2D eigenvalue weighted by molar-refractivity contribution is 7.99. The molecular formula is C20H21N5OS2. The molecule has 0 bridgehead atoms. The van der Waals surface area contributed by atoms with Gasteiger partial charge in [0.15, 0.2) is 11.0 Å². The van der Waals surface area contributed by atoms with E-state index in [1.54, 1.807) is 23.1 Å². The summed E-state index contributed by atoms with van der Waals surface area (Å²) < 4.78 is 7.57. The first-order valence-electron chi connectivity index (χ1n) is 9.14. The van der Waals surface area contributed by atoms with Gasteiger partial charge in [-0.25, -0.2) is 0 Å². The van der Waals surface area contributed by atoms with E-state index in [-0.39, 0.29) is 11.2 Å². The molecule has 0 aliphatic carbocycles. The van der Waals surface area contributed by atoms with Crippen molar-refractivity contribution in [2.24, 2.45) is 0 Å². The van der Waals surface area contributed by atoms with Crippen LogP contribution in [-0.2, 0) is 6.42 Å². The Hall–Kier alpha value is -2.45. The minimum atomic E-state index is -0.0266. The van der Waals surface area contributed by atoms with Gasteiger partial charge in [0, 0.05) is 22.9 Å². The third kappa shape index (κ3) is 4.02. The third-order valence-electron chi connectivity index (χ3n) is 4.23. The largest absolute Gasteiger partial charge is 0.338 e. The van der Waals surface area contributed by atoms with Crippen molar-refractivity contribution in [2.45, 2.75) is 43.5 Å². The van der Waals surface area contributed by atoms with Crippen molar-refractivity contribution < 1.29 is 4.52 Å². The Labute approximate surface area is 172 Å². The van der Waals surface area contributed by atoms with Crippen molar-refractivity contribution in [3.8, 4) is 5.69 Å². The topological polar surface area (TPSA) is 69.6 Å². The number of hydrogen-bond donors (Lipinski definition) is 0. The predicted molar refractivity (Wildman–Crippen MR) is 111 cm³/mol. The first kappa shape index (κ1) is 18.9. The molecule has 0 aliphatic rings. The maximum Gasteiger partial charge on any atom is 0.239 e. The molecule has 0 aliphatic heterocycles. The predicted octanol–water partition coefficient (Wildman–Crippen LogP) is 5.28. The molecule has 0 N–H and O–H groups in total. The molecule has 4 rings (SSSR count). The molecule has 0 saturated carbocycles. The van der Waals surface area contributed by atoms with E-state index in [1.807, 2.05) is 25.1 Å². The van der Waals surface area contributed by atoms with Gasteiger partial charge in [-0.1, -0.05) is 55.0 Å². The van der Waals surface area contributed by atoms with Gasteiger partial charge in [-0.15, -0.1) is 21.5 Å². The molecule has 8 heteroatoms. The molecule has 144 valence electrons. The molecule has 0 fully saturated rings. The van der Waals surface area contributed by atoms with E-state index >= 15 is 0 Å². The Morgan fingerprint density at radius 3 is 2.57 bits per heavy atom. The van der Waals surface area contributed by atoms with Crippen LogP contribution in [0.3, 0.4) is 0 Å². The number of thioether (sulfide) groups is 1. The molecule has 0 saturated heterocycles. The first-order valence-corrected chi connectivity index (χ1v) is 10.9. The summed E-state index contributed by atoms with van der Waals surface area (Å²) in [5.74, 6) is 2.48. The lowest BCUT2D eigenvalue weighted by molar-refractivity contribution is 0.373. The van der Waals surface area contributed by atoms with Crippen molar-refractivity contribution in [1.29, 1.82) is 0 Å². The summed E-state index contributed by atoms with van der Waals surface area (Å²) in [6.45, 7) is 6.15. The quantitative estimate of drug-likeness (QED) is 0.385. The number of aromatic nitrogens is 5. The molecule has 3 aromatic heterocycles. The molecule has 3 heterocycles. The van der Waals surface area contributed by atoms with E-state index in [1.165, 1.54) is 4.88 Å². The Kier molecular flexibility index (Phi) is 5.59. The zero-order valence-electron chi connectivity index (χ0n) is 15.9. The lowest BCUT2D eigenvalue weighted by Gasteiger charge is -2.11. The number of thiophene rings is 1. The first-order chi connectivity index (χ1) is 13.6. The van der Waals surface area contributed by atoms with E-state index in [2.05, 4.69) is 68.4 Å². The molecule has 6 nitrogen and oxygen atoms in total. The SMILES string of the molecule is CC(C)c1noc(C(C)Sc2nnc(Cc3cccs3)n2-c2ccccc2)n1. The summed E-state index contributed by atoms with van der Waals surface area (Å²) in [4.78, 5) is 5.78. The van der Waals surface area contributed by atoms with Crippen LogP contribution in [0.5, 0.6) is 0 Å². The van der Waals surface area contributed by atoms with Crippen LogP contribution in [0.2, 0.25) is 0 Å². The molecule has 0 amide bonds. The molecule has 1 atom stereocenters. The maximum atomic E-state index is 5.46. The van der Waals surface area contributed by atoms with E-state index in [0.717, 1.165) is 28.9 Å². The summed E-state index contributed by atoms with van der Waals surface area (Å²) >= 11 is 3.30. The van der Waals surface area contributed by atoms with E-state index < -0.39 is 0 Å². The number of nitrogens with zero attached hydrogens (tertiary/aromatic N) is 5. The van der Waals surface area contributed by atoms with Crippen molar-refractivity contribution >= 4 is 23.1 Å². The highest BCUT2D eigenvalue weighted by Gasteiger charge is 2.22. The van der Waals surface area contributed by atoms with Crippen LogP contribution in [0.4, 0.5) is 0 Å². The normalized spacial score (nSPS) is 12.6. The summed E-state index contributed by atoms with van der Waals surface area (Å²) in [6.07, 6.45) is 0.743. The van der Waals surface area contributed by atoms with Gasteiger partial charge in [0.05, 0.1) is 5.25 Å². The lowest BCUT2D eigenvalue weighted by Crippen LogP contribution is -2.04. The second-order valence-corrected chi connectivity index (χ2v) is 9.07. The molecule has 1 unspecified atom stereocenters. The molecule has 0 spiro atoms. The van der Waals surface area contributed by atoms with E-state index in [4.69, 9.17) is 4.52 Å². The van der Waals surface area contributed by atoms with Gasteiger partial charge in [0.25, 0.3) is 0 Å². The summed E-state index contributed by atoms with van der Waals surface area (Å²) in [7, 11) is 0. The van der Waals surface area contributed by atoms with Crippen molar-refractivity contribution in [1.82, 2.24) is 24.9 Å². The summed E-state index contributed by atoms with van der Waals surface area (Å²) in [5, 5.41) is 15.9. The van der Waals surface area contributed by atoms with Gasteiger partial charge in [-0.2, -0.15) is 4.98 Å². The molecule has 0 radical (unpaired) electrons. The third-order valence-corrected chi connectivity index (χ3v) is 6.14. The van der Waals surface area contributed by atoms with Crippen LogP contribution < -0.4 is 0 Å². The van der Waals surface area contributed by atoms with Gasteiger partial charge < -0.3 is 4.52 Å². The fourth-order valence-electron chi connectivity index (χ4n) is 2.75. The summed E-state index contributed by atoms with van der Waals surface area (Å²) in [5.41, 5.74) is 1.04. The van der Waals surface area contributed by atoms with Crippen LogP contribution in [0.15, 0.2) is 57.5 Å². The Morgan fingerprint density at radius 1 is 1.07 bits per heavy atom. The second-order valence-electron chi connectivity index (χ2n) is 6.73. The fourth-order valence-corrected chi connectivity index (χ4v) is 4.37. The van der Waals surface area contributed by atoms with Gasteiger partial charge in [-0.05, 0) is 30.5 Å². The second kappa shape index (κ2) is 8.28. The zero-order valence-corrected chi connectivity index (χ0v) is 17.6. The minimum absolute atomic E-state index is 0.0266. The fraction of sp³-hybridized carbons (Fsp3) is 0.300. The van der Waals surface area contributed by atoms with Crippen LogP contribution in [-0.4, -0.2) is 24.9 Å². The average molecular weight is 412 g/mol. The molecule has 28 heavy (non-hydrogen) atoms. The Bertz CT molecular complexity index is 1020. The van der Waals surface area contributed by atoms with Crippen molar-refractivity contribution in [2.75, 3.05) is 0 Å². The van der Waals surface area contributed by atoms with Gasteiger partial charge in [0.1, 0.15) is 5.82 Å². The van der Waals surface area contributed by atoms with Crippen LogP contribution in [0.1, 0.15) is 54.4 Å². The van der Waals surface area contributed by atoms with E-state index in [9.17, 15) is 0 Å². The highest BCUT2D eigenvalue weighted by atomic mass is 32.2. The van der Waals surface area contributed by atoms with Crippen LogP contribution >= 0.6 is 23.1 Å². The molecule has 4 aromatic rings. The zero-order chi connectivity index (χ0) is 19.5. The van der Waals surface area contributed by atoms with Crippen molar-refractivity contribution in [3.05, 3.63) is 70.3 Å². The number of para-hydroxylation sites is 1. The number of hydrogen-bond acceptors (Lipinski definition) is 7. The van der Waals surface area contributed by atoms with Crippen LogP contribution in [0.25, 0.3) is 5.69 Å². The van der Waals surface area contributed by atoms with Gasteiger partial charge in [-0.3, -0.25) is 4.57 Å². The Balaban J connectivity index is 1.65. The standard InChI is InChI=1S/C20H21N5OS2/c1-13(2)18-21-19(26-24-18)14(3)28-20-23-22-17(12-16-10-7-11-27-16)25(20)15-8-5-4-6-9-15/h4-11,13-14H,12H2,1-3H3. The lowest BCUT2D eigenvalue weighted by atomic mass is 10.2. The van der Waals surface area contributed by atoms with Gasteiger partial charge in [0.2, 0.25) is 5.89 Å². The summed E-state index contributed by atoms with van der Waals surface area (Å²) in [6, 6.07) is 14.4. The van der Waals surface area contributed by atoms with Crippen LogP contribution in [0, 0.1) is 0 Å². The smallest absolute Gasteiger partial charge is 0.239 e. The minimum Gasteiger partial charge on any atom is -0.338 e. The highest BCUT2D eigenvalue weighted by Crippen LogP contribution is 2.35. The monoisotopic (exact) mass is 411 g/mol. The molecule has 1 aromatic carbocycles. The Morgan fingerprint density at radius 2 is 1.89 bits per heavy atom. The molecular weight excluding hydrogens is 390 g/mol. The van der Waals surface area contributed by atoms with E-state index in [0.29, 0.717) is 5.89 Å².